The Balaban J connectivity index is 0.851. The highest BCUT2D eigenvalue weighted by Gasteiger charge is 2.36. The number of hydrogen-bond donors (Lipinski definition) is 0. The molecule has 0 amide bonds. The lowest BCUT2D eigenvalue weighted by atomic mass is 9.89. The van der Waals surface area contributed by atoms with Crippen LogP contribution in [0.15, 0.2) is 237 Å². The summed E-state index contributed by atoms with van der Waals surface area (Å²) in [6, 6.07) is 82.1. The highest BCUT2D eigenvalue weighted by atomic mass is 15.2. The Morgan fingerprint density at radius 2 is 0.871 bits per heavy atom. The molecule has 0 fully saturated rings. The minimum atomic E-state index is 0.224. The van der Waals surface area contributed by atoms with Crippen molar-refractivity contribution in [1.82, 2.24) is 4.57 Å². The minimum Gasteiger partial charge on any atom is -0.333 e. The van der Waals surface area contributed by atoms with Crippen LogP contribution in [0.4, 0.5) is 11.4 Å². The maximum absolute atomic E-state index is 2.55. The summed E-state index contributed by atoms with van der Waals surface area (Å²) in [7, 11) is 0. The fourth-order valence-electron chi connectivity index (χ4n) is 9.85. The molecule has 0 N–H and O–H groups in total. The van der Waals surface area contributed by atoms with Gasteiger partial charge in [0, 0.05) is 33.4 Å². The predicted octanol–water partition coefficient (Wildman–Crippen LogP) is 15.8. The third kappa shape index (κ3) is 6.19. The van der Waals surface area contributed by atoms with Gasteiger partial charge >= 0.3 is 0 Å². The normalized spacial score (nSPS) is 14.4. The van der Waals surface area contributed by atoms with E-state index in [1.165, 1.54) is 100.0 Å². The average molecular weight is 791 g/mol. The average Bonchev–Trinajstić information content (AvgIpc) is 3.87. The summed E-state index contributed by atoms with van der Waals surface area (Å²) in [4.78, 5) is 2.55. The molecule has 1 unspecified atom stereocenters. The molecule has 12 rings (SSSR count). The topological polar surface area (TPSA) is 8.17 Å². The summed E-state index contributed by atoms with van der Waals surface area (Å²) >= 11 is 0. The second-order valence-corrected chi connectivity index (χ2v) is 16.5. The van der Waals surface area contributed by atoms with Crippen LogP contribution in [0.1, 0.15) is 17.5 Å². The van der Waals surface area contributed by atoms with E-state index < -0.39 is 0 Å². The van der Waals surface area contributed by atoms with Crippen molar-refractivity contribution in [2.75, 3.05) is 4.90 Å². The molecule has 9 aromatic carbocycles. The Morgan fingerprint density at radius 1 is 0.355 bits per heavy atom. The Morgan fingerprint density at radius 3 is 1.55 bits per heavy atom. The van der Waals surface area contributed by atoms with Crippen molar-refractivity contribution in [2.24, 2.45) is 0 Å². The first-order chi connectivity index (χ1) is 30.7. The number of allylic oxidation sites excluding steroid dienone is 2. The zero-order valence-corrected chi connectivity index (χ0v) is 34.2. The van der Waals surface area contributed by atoms with Crippen LogP contribution in [0.5, 0.6) is 0 Å². The SMILES string of the molecule is C1=C(c2ccc3c(c2)c2ccccc2n3-c2ccc(-c3ccc(-c4ccccc4)cc3)cc2)C=C2c3ccccc3N(c3cccc(-c4ccc(-c5ccccc5)cc4)c3)C2C1. The number of anilines is 2. The van der Waals surface area contributed by atoms with Gasteiger partial charge in [-0.25, -0.2) is 0 Å². The maximum atomic E-state index is 2.55. The van der Waals surface area contributed by atoms with E-state index in [9.17, 15) is 0 Å². The second-order valence-electron chi connectivity index (χ2n) is 16.5. The zero-order valence-electron chi connectivity index (χ0n) is 34.2. The predicted molar refractivity (Wildman–Crippen MR) is 262 cm³/mol. The third-order valence-corrected chi connectivity index (χ3v) is 12.9. The third-order valence-electron chi connectivity index (χ3n) is 12.9. The number of aromatic nitrogens is 1. The van der Waals surface area contributed by atoms with E-state index in [4.69, 9.17) is 0 Å². The van der Waals surface area contributed by atoms with E-state index in [0.29, 0.717) is 0 Å². The molecule has 0 spiro atoms. The highest BCUT2D eigenvalue weighted by molar-refractivity contribution is 6.11. The first-order valence-corrected chi connectivity index (χ1v) is 21.6. The molecular weight excluding hydrogens is 749 g/mol. The Hall–Kier alpha value is -7.94. The standard InChI is InChI=1S/C60H42N2/c1-3-12-41(13-4-1)43-22-24-45(25-23-43)46-30-34-51(35-31-46)61-57-20-9-7-18-53(57)55-39-49(32-36-59(55)61)50-33-37-60-56(40-50)54-19-8-10-21-58(54)62(60)52-17-11-16-48(38-52)47-28-26-44(27-29-47)42-14-5-2-6-15-42/h1-36,38-40,60H,37H2. The van der Waals surface area contributed by atoms with E-state index in [1.54, 1.807) is 0 Å². The van der Waals surface area contributed by atoms with Crippen LogP contribution in [0.3, 0.4) is 0 Å². The largest absolute Gasteiger partial charge is 0.333 e. The van der Waals surface area contributed by atoms with Gasteiger partial charge in [-0.05, 0) is 122 Å². The van der Waals surface area contributed by atoms with Crippen LogP contribution in [-0.2, 0) is 0 Å². The number of nitrogens with zero attached hydrogens (tertiary/aromatic N) is 2. The van der Waals surface area contributed by atoms with Crippen LogP contribution in [0, 0.1) is 0 Å². The number of fused-ring (bicyclic) bond motifs is 6. The molecule has 292 valence electrons. The van der Waals surface area contributed by atoms with Gasteiger partial charge < -0.3 is 9.47 Å². The quantitative estimate of drug-likeness (QED) is 0.156. The van der Waals surface area contributed by atoms with Crippen LogP contribution in [0.25, 0.3) is 83.1 Å². The highest BCUT2D eigenvalue weighted by Crippen LogP contribution is 2.49. The van der Waals surface area contributed by atoms with Crippen LogP contribution < -0.4 is 4.90 Å². The molecular formula is C60H42N2. The molecule has 1 aliphatic carbocycles. The molecule has 0 saturated heterocycles. The number of hydrogen-bond acceptors (Lipinski definition) is 1. The van der Waals surface area contributed by atoms with Gasteiger partial charge in [-0.15, -0.1) is 0 Å². The summed E-state index contributed by atoms with van der Waals surface area (Å²) in [6.45, 7) is 0. The van der Waals surface area contributed by atoms with Gasteiger partial charge in [-0.3, -0.25) is 0 Å². The monoisotopic (exact) mass is 790 g/mol. The molecule has 0 bridgehead atoms. The first-order valence-electron chi connectivity index (χ1n) is 21.6. The van der Waals surface area contributed by atoms with Gasteiger partial charge in [0.05, 0.1) is 17.1 Å². The minimum absolute atomic E-state index is 0.224. The van der Waals surface area contributed by atoms with Gasteiger partial charge in [0.2, 0.25) is 0 Å². The van der Waals surface area contributed by atoms with Crippen LogP contribution in [0.2, 0.25) is 0 Å². The molecule has 1 aromatic heterocycles. The van der Waals surface area contributed by atoms with Gasteiger partial charge in [-0.2, -0.15) is 0 Å². The van der Waals surface area contributed by atoms with Crippen molar-refractivity contribution in [1.29, 1.82) is 0 Å². The Kier molecular flexibility index (Phi) is 8.67. The summed E-state index contributed by atoms with van der Waals surface area (Å²) in [5.41, 5.74) is 21.1. The lowest BCUT2D eigenvalue weighted by Gasteiger charge is -2.30. The fourth-order valence-corrected chi connectivity index (χ4v) is 9.85. The van der Waals surface area contributed by atoms with Gasteiger partial charge in [-0.1, -0.05) is 182 Å². The molecule has 0 radical (unpaired) electrons. The maximum Gasteiger partial charge on any atom is 0.0633 e. The summed E-state index contributed by atoms with van der Waals surface area (Å²) in [5.74, 6) is 0. The molecule has 2 nitrogen and oxygen atoms in total. The van der Waals surface area contributed by atoms with E-state index >= 15 is 0 Å². The van der Waals surface area contributed by atoms with Crippen molar-refractivity contribution < 1.29 is 0 Å². The van der Waals surface area contributed by atoms with Gasteiger partial charge in [0.1, 0.15) is 0 Å². The molecule has 62 heavy (non-hydrogen) atoms. The summed E-state index contributed by atoms with van der Waals surface area (Å²) in [6.07, 6.45) is 5.82. The molecule has 2 aliphatic rings. The first kappa shape index (κ1) is 36.0. The van der Waals surface area contributed by atoms with E-state index in [2.05, 4.69) is 246 Å². The lowest BCUT2D eigenvalue weighted by Crippen LogP contribution is -2.27. The molecule has 1 atom stereocenters. The van der Waals surface area contributed by atoms with Crippen molar-refractivity contribution in [3.05, 3.63) is 248 Å². The van der Waals surface area contributed by atoms with E-state index in [-0.39, 0.29) is 6.04 Å². The van der Waals surface area contributed by atoms with Gasteiger partial charge in [0.15, 0.2) is 0 Å². The summed E-state index contributed by atoms with van der Waals surface area (Å²) in [5, 5.41) is 2.53. The molecule has 10 aromatic rings. The molecule has 2 heteroatoms. The summed E-state index contributed by atoms with van der Waals surface area (Å²) < 4.78 is 2.41. The fraction of sp³-hybridized carbons (Fsp3) is 0.0333. The van der Waals surface area contributed by atoms with Crippen molar-refractivity contribution in [2.45, 2.75) is 12.5 Å². The molecule has 1 aliphatic heterocycles. The van der Waals surface area contributed by atoms with Crippen LogP contribution >= 0.6 is 0 Å². The zero-order chi connectivity index (χ0) is 41.0. The van der Waals surface area contributed by atoms with Gasteiger partial charge in [0.25, 0.3) is 0 Å². The van der Waals surface area contributed by atoms with E-state index in [1.807, 2.05) is 0 Å². The van der Waals surface area contributed by atoms with Crippen molar-refractivity contribution >= 4 is 44.3 Å². The smallest absolute Gasteiger partial charge is 0.0633 e. The number of benzene rings is 9. The van der Waals surface area contributed by atoms with Crippen molar-refractivity contribution in [3.63, 3.8) is 0 Å². The lowest BCUT2D eigenvalue weighted by molar-refractivity contribution is 0.831. The number of para-hydroxylation sites is 2. The van der Waals surface area contributed by atoms with Crippen LogP contribution in [-0.4, -0.2) is 10.6 Å². The Bertz CT molecular complexity index is 3330. The molecule has 0 saturated carbocycles. The second kappa shape index (κ2) is 15.0. The molecule has 2 heterocycles. The van der Waals surface area contributed by atoms with E-state index in [0.717, 1.165) is 12.1 Å². The Labute approximate surface area is 362 Å². The van der Waals surface area contributed by atoms with Crippen molar-refractivity contribution in [3.8, 4) is 50.2 Å². The number of rotatable bonds is 7.